The predicted molar refractivity (Wildman–Crippen MR) is 94.7 cm³/mol. The number of amides is 1. The number of ether oxygens (including phenoxy) is 1. The lowest BCUT2D eigenvalue weighted by molar-refractivity contribution is 0.0159. The van der Waals surface area contributed by atoms with Crippen LogP contribution in [-0.4, -0.2) is 37.7 Å². The summed E-state index contributed by atoms with van der Waals surface area (Å²) < 4.78 is 7.26. The van der Waals surface area contributed by atoms with Crippen LogP contribution in [0.25, 0.3) is 5.65 Å². The number of aryl methyl sites for hydroxylation is 1. The Labute approximate surface area is 147 Å². The van der Waals surface area contributed by atoms with Gasteiger partial charge in [-0.3, -0.25) is 9.69 Å². The van der Waals surface area contributed by atoms with E-state index in [-0.39, 0.29) is 17.7 Å². The molecular formula is C18H26N4O3. The highest BCUT2D eigenvalue weighted by Crippen LogP contribution is 2.31. The summed E-state index contributed by atoms with van der Waals surface area (Å²) in [6.07, 6.45) is 5.32. The van der Waals surface area contributed by atoms with Crippen molar-refractivity contribution in [3.05, 3.63) is 33.9 Å². The quantitative estimate of drug-likeness (QED) is 0.860. The number of nitrogens with one attached hydrogen (secondary N) is 1. The molecule has 7 heteroatoms. The first-order valence-electron chi connectivity index (χ1n) is 8.83. The van der Waals surface area contributed by atoms with Crippen LogP contribution in [0.15, 0.2) is 17.1 Å². The monoisotopic (exact) mass is 346 g/mol. The van der Waals surface area contributed by atoms with Crippen molar-refractivity contribution in [1.29, 1.82) is 0 Å². The summed E-state index contributed by atoms with van der Waals surface area (Å²) >= 11 is 0. The Hall–Kier alpha value is -2.31. The highest BCUT2D eigenvalue weighted by Gasteiger charge is 2.32. The molecule has 7 nitrogen and oxygen atoms in total. The summed E-state index contributed by atoms with van der Waals surface area (Å²) in [4.78, 5) is 29.1. The van der Waals surface area contributed by atoms with Crippen molar-refractivity contribution in [3.63, 3.8) is 0 Å². The lowest BCUT2D eigenvalue weighted by Crippen LogP contribution is -2.39. The van der Waals surface area contributed by atoms with E-state index in [1.807, 2.05) is 26.8 Å². The van der Waals surface area contributed by atoms with Gasteiger partial charge in [-0.1, -0.05) is 12.8 Å². The van der Waals surface area contributed by atoms with Crippen LogP contribution in [0.2, 0.25) is 0 Å². The van der Waals surface area contributed by atoms with Crippen molar-refractivity contribution in [2.45, 2.75) is 65.0 Å². The molecule has 0 radical (unpaired) electrons. The number of likely N-dealkylation sites (tertiary alicyclic amines) is 1. The van der Waals surface area contributed by atoms with Gasteiger partial charge in [0.05, 0.1) is 11.7 Å². The summed E-state index contributed by atoms with van der Waals surface area (Å²) in [7, 11) is 0. The van der Waals surface area contributed by atoms with Crippen LogP contribution in [0.3, 0.4) is 0 Å². The van der Waals surface area contributed by atoms with Crippen molar-refractivity contribution in [2.75, 3.05) is 6.54 Å². The molecule has 1 saturated heterocycles. The van der Waals surface area contributed by atoms with Crippen LogP contribution in [0.1, 0.15) is 63.8 Å². The molecule has 0 saturated carbocycles. The molecule has 2 aromatic heterocycles. The Morgan fingerprint density at radius 3 is 2.80 bits per heavy atom. The molecule has 1 N–H and O–H groups in total. The Kier molecular flexibility index (Phi) is 4.58. The third kappa shape index (κ3) is 3.86. The first-order valence-corrected chi connectivity index (χ1v) is 8.83. The third-order valence-electron chi connectivity index (χ3n) is 4.39. The number of hydrogen-bond donors (Lipinski definition) is 1. The van der Waals surface area contributed by atoms with Gasteiger partial charge < -0.3 is 9.72 Å². The van der Waals surface area contributed by atoms with Gasteiger partial charge in [-0.05, 0) is 40.5 Å². The lowest BCUT2D eigenvalue weighted by atomic mass is 10.1. The molecule has 0 aromatic carbocycles. The van der Waals surface area contributed by atoms with E-state index in [4.69, 9.17) is 4.74 Å². The Balaban J connectivity index is 1.96. The number of rotatable bonds is 1. The van der Waals surface area contributed by atoms with Crippen molar-refractivity contribution >= 4 is 11.7 Å². The number of nitrogens with zero attached hydrogens (tertiary/aromatic N) is 3. The average Bonchev–Trinajstić information content (AvgIpc) is 2.75. The number of aromatic nitrogens is 3. The number of fused-ring (bicyclic) bond motifs is 1. The fourth-order valence-electron chi connectivity index (χ4n) is 3.18. The van der Waals surface area contributed by atoms with E-state index in [0.29, 0.717) is 17.8 Å². The maximum Gasteiger partial charge on any atom is 0.410 e. The number of aromatic amines is 1. The second-order valence-electron chi connectivity index (χ2n) is 7.70. The van der Waals surface area contributed by atoms with Crippen molar-refractivity contribution in [1.82, 2.24) is 19.5 Å². The Morgan fingerprint density at radius 2 is 2.08 bits per heavy atom. The summed E-state index contributed by atoms with van der Waals surface area (Å²) in [6.45, 7) is 8.02. The Morgan fingerprint density at radius 1 is 1.32 bits per heavy atom. The molecule has 1 aliphatic rings. The fraction of sp³-hybridized carbons (Fsp3) is 0.611. The van der Waals surface area contributed by atoms with Crippen LogP contribution >= 0.6 is 0 Å². The third-order valence-corrected chi connectivity index (χ3v) is 4.39. The van der Waals surface area contributed by atoms with Crippen LogP contribution in [0.4, 0.5) is 4.79 Å². The normalized spacial score (nSPS) is 19.0. The summed E-state index contributed by atoms with van der Waals surface area (Å²) in [6, 6.07) is 1.72. The molecule has 1 fully saturated rings. The van der Waals surface area contributed by atoms with Gasteiger partial charge in [0.25, 0.3) is 5.56 Å². The predicted octanol–water partition coefficient (Wildman–Crippen LogP) is 3.18. The summed E-state index contributed by atoms with van der Waals surface area (Å²) in [5.41, 5.74) is 1.37. The molecule has 1 unspecified atom stereocenters. The SMILES string of the molecule is Cc1cn2nc(C3CCCCCN3C(=O)OC(C)(C)C)cc2[nH]c1=O. The van der Waals surface area contributed by atoms with Crippen LogP contribution < -0.4 is 5.56 Å². The standard InChI is InChI=1S/C18H26N4O3/c1-12-11-22-15(19-16(12)23)10-13(20-22)14-8-6-5-7-9-21(14)17(24)25-18(2,3)4/h10-11,14H,5-9H2,1-4H3,(H,19,23). The molecular weight excluding hydrogens is 320 g/mol. The molecule has 3 heterocycles. The molecule has 2 aromatic rings. The zero-order chi connectivity index (χ0) is 18.2. The maximum atomic E-state index is 12.7. The second-order valence-corrected chi connectivity index (χ2v) is 7.70. The largest absolute Gasteiger partial charge is 0.444 e. The van der Waals surface area contributed by atoms with Gasteiger partial charge in [0.15, 0.2) is 0 Å². The van der Waals surface area contributed by atoms with E-state index < -0.39 is 5.60 Å². The minimum atomic E-state index is -0.533. The fourth-order valence-corrected chi connectivity index (χ4v) is 3.18. The zero-order valence-corrected chi connectivity index (χ0v) is 15.3. The van der Waals surface area contributed by atoms with Gasteiger partial charge >= 0.3 is 6.09 Å². The molecule has 1 atom stereocenters. The lowest BCUT2D eigenvalue weighted by Gasteiger charge is -2.31. The molecule has 136 valence electrons. The molecule has 25 heavy (non-hydrogen) atoms. The van der Waals surface area contributed by atoms with E-state index in [9.17, 15) is 9.59 Å². The number of hydrogen-bond acceptors (Lipinski definition) is 4. The Bertz CT molecular complexity index is 831. The molecule has 1 amide bonds. The number of H-pyrrole nitrogens is 1. The average molecular weight is 346 g/mol. The molecule has 0 bridgehead atoms. The molecule has 3 rings (SSSR count). The van der Waals surface area contributed by atoms with Gasteiger partial charge in [-0.2, -0.15) is 5.10 Å². The summed E-state index contributed by atoms with van der Waals surface area (Å²) in [5.74, 6) is 0. The molecule has 1 aliphatic heterocycles. The minimum Gasteiger partial charge on any atom is -0.444 e. The van der Waals surface area contributed by atoms with E-state index in [2.05, 4.69) is 10.1 Å². The first-order chi connectivity index (χ1) is 11.7. The van der Waals surface area contributed by atoms with Gasteiger partial charge in [0, 0.05) is 24.4 Å². The first kappa shape index (κ1) is 17.5. The number of carbonyl (C=O) groups is 1. The van der Waals surface area contributed by atoms with E-state index in [0.717, 1.165) is 31.4 Å². The van der Waals surface area contributed by atoms with Crippen LogP contribution in [0.5, 0.6) is 0 Å². The smallest absolute Gasteiger partial charge is 0.410 e. The minimum absolute atomic E-state index is 0.121. The van der Waals surface area contributed by atoms with Gasteiger partial charge in [0.2, 0.25) is 0 Å². The number of carbonyl (C=O) groups excluding carboxylic acids is 1. The van der Waals surface area contributed by atoms with Crippen LogP contribution in [-0.2, 0) is 4.74 Å². The van der Waals surface area contributed by atoms with Crippen molar-refractivity contribution < 1.29 is 9.53 Å². The van der Waals surface area contributed by atoms with E-state index in [1.54, 1.807) is 22.5 Å². The van der Waals surface area contributed by atoms with Gasteiger partial charge in [0.1, 0.15) is 11.2 Å². The maximum absolute atomic E-state index is 12.7. The molecule has 0 aliphatic carbocycles. The van der Waals surface area contributed by atoms with Crippen molar-refractivity contribution in [3.8, 4) is 0 Å². The second kappa shape index (κ2) is 6.54. The van der Waals surface area contributed by atoms with Crippen molar-refractivity contribution in [2.24, 2.45) is 0 Å². The van der Waals surface area contributed by atoms with E-state index >= 15 is 0 Å². The van der Waals surface area contributed by atoms with Crippen LogP contribution in [0, 0.1) is 6.92 Å². The van der Waals surface area contributed by atoms with E-state index in [1.165, 1.54) is 0 Å². The molecule has 0 spiro atoms. The summed E-state index contributed by atoms with van der Waals surface area (Å²) in [5, 5.41) is 4.61. The van der Waals surface area contributed by atoms with Gasteiger partial charge in [-0.15, -0.1) is 0 Å². The highest BCUT2D eigenvalue weighted by molar-refractivity contribution is 5.69. The van der Waals surface area contributed by atoms with Gasteiger partial charge in [-0.25, -0.2) is 9.31 Å². The topological polar surface area (TPSA) is 79.7 Å². The zero-order valence-electron chi connectivity index (χ0n) is 15.3. The highest BCUT2D eigenvalue weighted by atomic mass is 16.6.